The van der Waals surface area contributed by atoms with Crippen molar-refractivity contribution in [2.45, 2.75) is 51.1 Å². The van der Waals surface area contributed by atoms with E-state index in [1.54, 1.807) is 18.9 Å². The molecule has 0 unspecified atom stereocenters. The number of esters is 1. The van der Waals surface area contributed by atoms with Gasteiger partial charge in [-0.25, -0.2) is 8.78 Å². The average molecular weight is 546 g/mol. The summed E-state index contributed by atoms with van der Waals surface area (Å²) in [5.41, 5.74) is -1.20. The highest BCUT2D eigenvalue weighted by molar-refractivity contribution is 5.99. The van der Waals surface area contributed by atoms with E-state index in [1.807, 2.05) is 0 Å². The Hall–Kier alpha value is -3.84. The van der Waals surface area contributed by atoms with E-state index >= 15 is 0 Å². The summed E-state index contributed by atoms with van der Waals surface area (Å²) in [5.74, 6) is -3.88. The highest BCUT2D eigenvalue weighted by Crippen LogP contribution is 2.35. The minimum absolute atomic E-state index is 0.0294. The van der Waals surface area contributed by atoms with Crippen molar-refractivity contribution in [2.24, 2.45) is 0 Å². The molecule has 4 heterocycles. The number of amides is 2. The smallest absolute Gasteiger partial charge is 0.325 e. The highest BCUT2D eigenvalue weighted by Gasteiger charge is 2.48. The second-order valence-corrected chi connectivity index (χ2v) is 9.83. The second-order valence-electron chi connectivity index (χ2n) is 9.83. The molecule has 0 aliphatic carbocycles. The van der Waals surface area contributed by atoms with Crippen molar-refractivity contribution in [2.75, 3.05) is 26.9 Å². The van der Waals surface area contributed by atoms with Crippen LogP contribution >= 0.6 is 0 Å². The topological polar surface area (TPSA) is 122 Å². The molecule has 11 nitrogen and oxygen atoms in total. The Bertz CT molecular complexity index is 1380. The number of halogens is 2. The molecule has 13 heteroatoms. The third kappa shape index (κ3) is 4.99. The van der Waals surface area contributed by atoms with Crippen LogP contribution in [0, 0.1) is 11.6 Å². The van der Waals surface area contributed by atoms with E-state index in [4.69, 9.17) is 9.47 Å². The number of fused-ring (bicyclic) bond motifs is 4. The maximum atomic E-state index is 14.1. The summed E-state index contributed by atoms with van der Waals surface area (Å²) in [7, 11) is 1.58. The summed E-state index contributed by atoms with van der Waals surface area (Å²) in [6, 6.07) is 2.54. The molecule has 2 saturated heterocycles. The zero-order valence-electron chi connectivity index (χ0n) is 21.5. The molecule has 3 aliphatic rings. The number of nitrogens with one attached hydrogen (secondary N) is 2. The molecule has 0 bridgehead atoms. The monoisotopic (exact) mass is 545 g/mol. The fourth-order valence-corrected chi connectivity index (χ4v) is 5.33. The van der Waals surface area contributed by atoms with Crippen molar-refractivity contribution >= 4 is 17.8 Å². The van der Waals surface area contributed by atoms with Gasteiger partial charge in [-0.1, -0.05) is 6.07 Å². The Kier molecular flexibility index (Phi) is 7.36. The molecular formula is C26H29F2N5O6. The van der Waals surface area contributed by atoms with Crippen molar-refractivity contribution < 1.29 is 32.6 Å². The summed E-state index contributed by atoms with van der Waals surface area (Å²) in [6.45, 7) is 2.30. The quantitative estimate of drug-likeness (QED) is 0.369. The normalized spacial score (nSPS) is 20.7. The van der Waals surface area contributed by atoms with Crippen LogP contribution in [0.4, 0.5) is 8.78 Å². The largest absolute Gasteiger partial charge is 0.451 e. The van der Waals surface area contributed by atoms with Crippen LogP contribution in [-0.2, 0) is 22.6 Å². The van der Waals surface area contributed by atoms with Gasteiger partial charge in [0.15, 0.2) is 5.69 Å². The maximum absolute atomic E-state index is 14.1. The van der Waals surface area contributed by atoms with Crippen LogP contribution in [0.2, 0.25) is 0 Å². The van der Waals surface area contributed by atoms with Crippen LogP contribution in [0.3, 0.4) is 0 Å². The lowest BCUT2D eigenvalue weighted by Crippen LogP contribution is -2.50. The van der Waals surface area contributed by atoms with E-state index in [9.17, 15) is 28.0 Å². The van der Waals surface area contributed by atoms with E-state index in [0.717, 1.165) is 25.5 Å². The van der Waals surface area contributed by atoms with Gasteiger partial charge in [0.1, 0.15) is 29.4 Å². The molecule has 3 aliphatic heterocycles. The van der Waals surface area contributed by atoms with Crippen molar-refractivity contribution in [1.29, 1.82) is 0 Å². The first-order valence-electron chi connectivity index (χ1n) is 12.7. The molecule has 0 saturated carbocycles. The molecule has 1 aromatic heterocycles. The summed E-state index contributed by atoms with van der Waals surface area (Å²) in [4.78, 5) is 56.1. The predicted molar refractivity (Wildman–Crippen MR) is 133 cm³/mol. The Labute approximate surface area is 222 Å². The number of nitrogens with zero attached hydrogens (tertiary/aromatic N) is 3. The standard InChI is InChI=1S/C26H29F2N5O6/c1-14(29-2)26(37)39-13-38-23-21-25(36)33-10-17-4-3-7-32(17)20(33)12-31(21)11-18(22(23)34)24(35)30-9-15-5-6-16(27)8-19(15)28/h5-6,8,11,14,17,20,29H,3-4,7,9-10,12-13H2,1-2H3,(H,30,35)/t14-,17+,20-/m0/s1. The lowest BCUT2D eigenvalue weighted by molar-refractivity contribution is -0.152. The molecule has 2 N–H and O–H groups in total. The van der Waals surface area contributed by atoms with Crippen LogP contribution in [0.5, 0.6) is 5.75 Å². The van der Waals surface area contributed by atoms with Crippen molar-refractivity contribution in [3.63, 3.8) is 0 Å². The Morgan fingerprint density at radius 2 is 2.00 bits per heavy atom. The first kappa shape index (κ1) is 26.8. The van der Waals surface area contributed by atoms with Gasteiger partial charge in [0.25, 0.3) is 11.8 Å². The van der Waals surface area contributed by atoms with Crippen molar-refractivity contribution in [3.8, 4) is 5.75 Å². The molecule has 5 rings (SSSR count). The molecule has 2 aromatic rings. The number of likely N-dealkylation sites (N-methyl/N-ethyl adjacent to an activating group) is 1. The van der Waals surface area contributed by atoms with Crippen LogP contribution in [0.1, 0.15) is 46.2 Å². The van der Waals surface area contributed by atoms with Crippen LogP contribution in [0.15, 0.2) is 29.2 Å². The average Bonchev–Trinajstić information content (AvgIpc) is 3.51. The number of aromatic nitrogens is 1. The van der Waals surface area contributed by atoms with Crippen LogP contribution < -0.4 is 20.8 Å². The number of rotatable bonds is 8. The highest BCUT2D eigenvalue weighted by atomic mass is 19.1. The first-order valence-corrected chi connectivity index (χ1v) is 12.7. The van der Waals surface area contributed by atoms with Gasteiger partial charge in [-0.15, -0.1) is 0 Å². The molecular weight excluding hydrogens is 516 g/mol. The van der Waals surface area contributed by atoms with Gasteiger partial charge in [0.2, 0.25) is 18.0 Å². The number of hydrogen-bond donors (Lipinski definition) is 2. The molecule has 2 fully saturated rings. The van der Waals surface area contributed by atoms with Crippen LogP contribution in [0.25, 0.3) is 0 Å². The van der Waals surface area contributed by atoms with Gasteiger partial charge in [-0.3, -0.25) is 24.1 Å². The van der Waals surface area contributed by atoms with E-state index in [1.165, 1.54) is 16.8 Å². The summed E-state index contributed by atoms with van der Waals surface area (Å²) in [6.07, 6.45) is 3.06. The second kappa shape index (κ2) is 10.7. The minimum atomic E-state index is -0.873. The molecule has 1 aromatic carbocycles. The zero-order chi connectivity index (χ0) is 27.8. The van der Waals surface area contributed by atoms with E-state index in [0.29, 0.717) is 19.2 Å². The Balaban J connectivity index is 1.45. The molecule has 0 spiro atoms. The minimum Gasteiger partial charge on any atom is -0.451 e. The number of carbonyl (C=O) groups is 3. The summed E-state index contributed by atoms with van der Waals surface area (Å²) >= 11 is 0. The predicted octanol–water partition coefficient (Wildman–Crippen LogP) is 0.804. The molecule has 0 radical (unpaired) electrons. The maximum Gasteiger partial charge on any atom is 0.325 e. The number of hydrogen-bond acceptors (Lipinski definition) is 8. The van der Waals surface area contributed by atoms with E-state index in [-0.39, 0.29) is 35.6 Å². The van der Waals surface area contributed by atoms with Crippen molar-refractivity contribution in [3.05, 3.63) is 63.1 Å². The van der Waals surface area contributed by atoms with Crippen LogP contribution in [-0.4, -0.2) is 77.3 Å². The molecule has 39 heavy (non-hydrogen) atoms. The number of carbonyl (C=O) groups excluding carboxylic acids is 3. The van der Waals surface area contributed by atoms with E-state index < -0.39 is 53.4 Å². The molecule has 2 amide bonds. The van der Waals surface area contributed by atoms with Gasteiger partial charge < -0.3 is 29.6 Å². The third-order valence-corrected chi connectivity index (χ3v) is 7.52. The Morgan fingerprint density at radius 1 is 1.21 bits per heavy atom. The van der Waals surface area contributed by atoms with Gasteiger partial charge in [0.05, 0.1) is 6.54 Å². The number of ether oxygens (including phenoxy) is 2. The first-order chi connectivity index (χ1) is 18.7. The SMILES string of the molecule is CN[C@@H](C)C(=O)OCOc1c2n(cc(C(=O)NCc3ccc(F)cc3F)c1=O)C[C@@H]1N(C[C@H]3CCCN31)C2=O. The number of pyridine rings is 1. The summed E-state index contributed by atoms with van der Waals surface area (Å²) < 4.78 is 39.5. The van der Waals surface area contributed by atoms with Gasteiger partial charge in [0, 0.05) is 43.5 Å². The summed E-state index contributed by atoms with van der Waals surface area (Å²) in [5, 5.41) is 5.20. The lowest BCUT2D eigenvalue weighted by Gasteiger charge is -2.36. The fourth-order valence-electron chi connectivity index (χ4n) is 5.33. The zero-order valence-corrected chi connectivity index (χ0v) is 21.5. The fraction of sp³-hybridized carbons (Fsp3) is 0.462. The third-order valence-electron chi connectivity index (χ3n) is 7.52. The Morgan fingerprint density at radius 3 is 2.74 bits per heavy atom. The molecule has 208 valence electrons. The lowest BCUT2D eigenvalue weighted by atomic mass is 10.1. The van der Waals surface area contributed by atoms with Gasteiger partial charge in [-0.05, 0) is 32.9 Å². The molecule has 3 atom stereocenters. The van der Waals surface area contributed by atoms with Gasteiger partial charge in [-0.2, -0.15) is 0 Å². The van der Waals surface area contributed by atoms with E-state index in [2.05, 4.69) is 15.5 Å². The van der Waals surface area contributed by atoms with Gasteiger partial charge >= 0.3 is 5.97 Å². The number of benzene rings is 1. The van der Waals surface area contributed by atoms with Crippen molar-refractivity contribution in [1.82, 2.24) is 25.0 Å².